The second-order valence-corrected chi connectivity index (χ2v) is 5.70. The molecule has 0 fully saturated rings. The first-order valence-corrected chi connectivity index (χ1v) is 7.63. The van der Waals surface area contributed by atoms with Crippen molar-refractivity contribution >= 4 is 17.3 Å². The van der Waals surface area contributed by atoms with Gasteiger partial charge in [-0.15, -0.1) is 0 Å². The highest BCUT2D eigenvalue weighted by atomic mass is 35.5. The van der Waals surface area contributed by atoms with E-state index in [1.807, 2.05) is 54.1 Å². The van der Waals surface area contributed by atoms with Crippen LogP contribution in [0.25, 0.3) is 5.69 Å². The van der Waals surface area contributed by atoms with Gasteiger partial charge in [0.05, 0.1) is 11.4 Å². The molecule has 1 N–H and O–H groups in total. The van der Waals surface area contributed by atoms with Gasteiger partial charge in [-0.3, -0.25) is 0 Å². The zero-order chi connectivity index (χ0) is 15.5. The lowest BCUT2D eigenvalue weighted by atomic mass is 10.2. The van der Waals surface area contributed by atoms with Crippen molar-refractivity contribution in [1.29, 1.82) is 0 Å². The Balaban J connectivity index is 1.84. The molecular weight excluding hydrogens is 294 g/mol. The maximum absolute atomic E-state index is 6.02. The first kappa shape index (κ1) is 14.7. The number of hydrogen-bond donors (Lipinski definition) is 1. The van der Waals surface area contributed by atoms with Crippen LogP contribution >= 0.6 is 11.6 Å². The molecule has 0 saturated heterocycles. The van der Waals surface area contributed by atoms with Crippen LogP contribution in [0.3, 0.4) is 0 Å². The number of aromatic nitrogens is 2. The van der Waals surface area contributed by atoms with E-state index in [1.54, 1.807) is 0 Å². The lowest BCUT2D eigenvalue weighted by molar-refractivity contribution is 0.833. The molecule has 22 heavy (non-hydrogen) atoms. The number of nitrogens with zero attached hydrogens (tertiary/aromatic N) is 2. The van der Waals surface area contributed by atoms with Crippen LogP contribution < -0.4 is 5.32 Å². The number of halogens is 1. The molecule has 0 aliphatic rings. The maximum atomic E-state index is 6.02. The van der Waals surface area contributed by atoms with Crippen LogP contribution in [-0.2, 0) is 6.54 Å². The van der Waals surface area contributed by atoms with Crippen LogP contribution in [0.1, 0.15) is 17.0 Å². The smallest absolute Gasteiger partial charge is 0.0650 e. The Kier molecular flexibility index (Phi) is 4.16. The summed E-state index contributed by atoms with van der Waals surface area (Å²) in [6, 6.07) is 17.9. The van der Waals surface area contributed by atoms with Gasteiger partial charge in [0.1, 0.15) is 0 Å². The summed E-state index contributed by atoms with van der Waals surface area (Å²) in [4.78, 5) is 0. The van der Waals surface area contributed by atoms with E-state index in [0.717, 1.165) is 34.3 Å². The highest BCUT2D eigenvalue weighted by Gasteiger charge is 2.12. The molecule has 2 aromatic carbocycles. The van der Waals surface area contributed by atoms with Crippen molar-refractivity contribution in [1.82, 2.24) is 9.78 Å². The summed E-state index contributed by atoms with van der Waals surface area (Å²) < 4.78 is 1.99. The number of anilines is 1. The second-order valence-electron chi connectivity index (χ2n) is 5.26. The Morgan fingerprint density at radius 1 is 1.05 bits per heavy atom. The van der Waals surface area contributed by atoms with E-state index in [1.165, 1.54) is 5.56 Å². The third-order valence-corrected chi connectivity index (χ3v) is 3.97. The molecule has 0 aliphatic heterocycles. The summed E-state index contributed by atoms with van der Waals surface area (Å²) in [6.45, 7) is 4.87. The summed E-state index contributed by atoms with van der Waals surface area (Å²) in [5, 5.41) is 8.81. The van der Waals surface area contributed by atoms with E-state index in [4.69, 9.17) is 11.6 Å². The fraction of sp³-hybridized carbons (Fsp3) is 0.167. The molecule has 0 spiro atoms. The molecule has 4 heteroatoms. The molecule has 0 aliphatic carbocycles. The standard InChI is InChI=1S/C18H18ClN3/c1-13-18(12-20-16-8-6-7-15(19)11-16)14(2)22(21-13)17-9-4-3-5-10-17/h3-11,20H,12H2,1-2H3. The minimum atomic E-state index is 0.727. The van der Waals surface area contributed by atoms with Crippen LogP contribution in [0.2, 0.25) is 5.02 Å². The minimum Gasteiger partial charge on any atom is -0.381 e. The lowest BCUT2D eigenvalue weighted by Crippen LogP contribution is -2.03. The Bertz CT molecular complexity index is 778. The summed E-state index contributed by atoms with van der Waals surface area (Å²) in [5.41, 5.74) is 5.49. The van der Waals surface area contributed by atoms with Crippen LogP contribution in [0.5, 0.6) is 0 Å². The molecule has 0 saturated carbocycles. The molecule has 3 rings (SSSR count). The van der Waals surface area contributed by atoms with E-state index in [9.17, 15) is 0 Å². The number of hydrogen-bond acceptors (Lipinski definition) is 2. The molecule has 3 aromatic rings. The highest BCUT2D eigenvalue weighted by molar-refractivity contribution is 6.30. The van der Waals surface area contributed by atoms with Crippen molar-refractivity contribution in [3.05, 3.63) is 76.6 Å². The second kappa shape index (κ2) is 6.24. The topological polar surface area (TPSA) is 29.9 Å². The monoisotopic (exact) mass is 311 g/mol. The normalized spacial score (nSPS) is 10.7. The van der Waals surface area contributed by atoms with Gasteiger partial charge in [0.25, 0.3) is 0 Å². The molecule has 3 nitrogen and oxygen atoms in total. The number of rotatable bonds is 4. The van der Waals surface area contributed by atoms with E-state index >= 15 is 0 Å². The molecule has 112 valence electrons. The fourth-order valence-corrected chi connectivity index (χ4v) is 2.73. The zero-order valence-electron chi connectivity index (χ0n) is 12.7. The van der Waals surface area contributed by atoms with Crippen LogP contribution in [0.4, 0.5) is 5.69 Å². The van der Waals surface area contributed by atoms with E-state index in [-0.39, 0.29) is 0 Å². The Hall–Kier alpha value is -2.26. The first-order chi connectivity index (χ1) is 10.6. The van der Waals surface area contributed by atoms with Gasteiger partial charge in [0.2, 0.25) is 0 Å². The Morgan fingerprint density at radius 3 is 2.55 bits per heavy atom. The van der Waals surface area contributed by atoms with Gasteiger partial charge in [-0.05, 0) is 44.2 Å². The van der Waals surface area contributed by atoms with Gasteiger partial charge in [-0.2, -0.15) is 5.10 Å². The summed E-state index contributed by atoms with van der Waals surface area (Å²) in [5.74, 6) is 0. The molecule has 1 heterocycles. The Morgan fingerprint density at radius 2 is 1.82 bits per heavy atom. The molecule has 0 bridgehead atoms. The van der Waals surface area contributed by atoms with Gasteiger partial charge >= 0.3 is 0 Å². The Labute approximate surface area is 135 Å². The van der Waals surface area contributed by atoms with Crippen molar-refractivity contribution in [3.63, 3.8) is 0 Å². The van der Waals surface area contributed by atoms with Gasteiger partial charge in [0.15, 0.2) is 0 Å². The van der Waals surface area contributed by atoms with Gasteiger partial charge < -0.3 is 5.32 Å². The van der Waals surface area contributed by atoms with Crippen molar-refractivity contribution in [3.8, 4) is 5.69 Å². The fourth-order valence-electron chi connectivity index (χ4n) is 2.54. The SMILES string of the molecule is Cc1nn(-c2ccccc2)c(C)c1CNc1cccc(Cl)c1. The molecule has 0 amide bonds. The van der Waals surface area contributed by atoms with Crippen LogP contribution in [-0.4, -0.2) is 9.78 Å². The maximum Gasteiger partial charge on any atom is 0.0650 e. The summed E-state index contributed by atoms with van der Waals surface area (Å²) >= 11 is 6.02. The average Bonchev–Trinajstić information content (AvgIpc) is 2.81. The van der Waals surface area contributed by atoms with Crippen LogP contribution in [0, 0.1) is 13.8 Å². The van der Waals surface area contributed by atoms with E-state index in [2.05, 4.69) is 29.5 Å². The predicted octanol–water partition coefficient (Wildman–Crippen LogP) is 4.75. The van der Waals surface area contributed by atoms with E-state index in [0.29, 0.717) is 0 Å². The summed E-state index contributed by atoms with van der Waals surface area (Å²) in [6.07, 6.45) is 0. The quantitative estimate of drug-likeness (QED) is 0.753. The van der Waals surface area contributed by atoms with Gasteiger partial charge in [-0.1, -0.05) is 35.9 Å². The third-order valence-electron chi connectivity index (χ3n) is 3.74. The zero-order valence-corrected chi connectivity index (χ0v) is 13.4. The molecule has 0 atom stereocenters. The van der Waals surface area contributed by atoms with Crippen molar-refractivity contribution in [2.75, 3.05) is 5.32 Å². The minimum absolute atomic E-state index is 0.727. The lowest BCUT2D eigenvalue weighted by Gasteiger charge is -2.08. The van der Waals surface area contributed by atoms with E-state index < -0.39 is 0 Å². The predicted molar refractivity (Wildman–Crippen MR) is 91.8 cm³/mol. The highest BCUT2D eigenvalue weighted by Crippen LogP contribution is 2.20. The number of para-hydroxylation sites is 1. The van der Waals surface area contributed by atoms with Crippen LogP contribution in [0.15, 0.2) is 54.6 Å². The molecule has 0 unspecified atom stereocenters. The first-order valence-electron chi connectivity index (χ1n) is 7.25. The summed E-state index contributed by atoms with van der Waals surface area (Å²) in [7, 11) is 0. The van der Waals surface area contributed by atoms with Gasteiger partial charge in [-0.25, -0.2) is 4.68 Å². The molecule has 0 radical (unpaired) electrons. The van der Waals surface area contributed by atoms with Crippen molar-refractivity contribution in [2.24, 2.45) is 0 Å². The number of benzene rings is 2. The molecule has 1 aromatic heterocycles. The van der Waals surface area contributed by atoms with Crippen molar-refractivity contribution < 1.29 is 0 Å². The van der Waals surface area contributed by atoms with Gasteiger partial charge in [0, 0.05) is 28.5 Å². The number of aryl methyl sites for hydroxylation is 1. The third kappa shape index (κ3) is 3.00. The average molecular weight is 312 g/mol. The largest absolute Gasteiger partial charge is 0.381 e. The molecular formula is C18H18ClN3. The van der Waals surface area contributed by atoms with Crippen molar-refractivity contribution in [2.45, 2.75) is 20.4 Å². The number of nitrogens with one attached hydrogen (secondary N) is 1.